The molecule has 0 fully saturated rings. The number of carbonyl (C=O) groups is 1. The molecule has 0 N–H and O–H groups in total. The maximum absolute atomic E-state index is 11.3. The molecule has 0 saturated heterocycles. The van der Waals surface area contributed by atoms with Gasteiger partial charge in [0, 0.05) is 16.6 Å². The van der Waals surface area contributed by atoms with Crippen LogP contribution in [0.5, 0.6) is 0 Å². The molecular weight excluding hydrogens is 188 g/mol. The summed E-state index contributed by atoms with van der Waals surface area (Å²) in [4.78, 5) is 10.9. The molecule has 0 heterocycles. The quantitative estimate of drug-likeness (QED) is 0.616. The van der Waals surface area contributed by atoms with E-state index in [4.69, 9.17) is 4.74 Å². The van der Waals surface area contributed by atoms with Crippen molar-refractivity contribution in [1.82, 2.24) is 0 Å². The minimum atomic E-state index is -1.06. The summed E-state index contributed by atoms with van der Waals surface area (Å²) >= 11 is 0. The highest BCUT2D eigenvalue weighted by Crippen LogP contribution is 2.03. The fraction of sp³-hybridized carbons (Fsp3) is 0.889. The van der Waals surface area contributed by atoms with Crippen molar-refractivity contribution in [3.8, 4) is 0 Å². The number of ether oxygens (including phenoxy) is 1. The smallest absolute Gasteiger partial charge is 0.318 e. The molecule has 0 aliphatic rings. The Balaban J connectivity index is 3.67. The zero-order valence-electron chi connectivity index (χ0n) is 8.54. The van der Waals surface area contributed by atoms with Crippen molar-refractivity contribution < 1.29 is 13.7 Å². The molecule has 0 amide bonds. The van der Waals surface area contributed by atoms with Gasteiger partial charge in [-0.3, -0.25) is 9.00 Å². The Bertz CT molecular complexity index is 180. The van der Waals surface area contributed by atoms with E-state index in [9.17, 15) is 9.00 Å². The molecule has 0 spiro atoms. The van der Waals surface area contributed by atoms with Crippen LogP contribution in [0.3, 0.4) is 0 Å². The molecule has 0 bridgehead atoms. The van der Waals surface area contributed by atoms with Gasteiger partial charge in [-0.05, 0) is 12.8 Å². The van der Waals surface area contributed by atoms with Crippen molar-refractivity contribution in [1.29, 1.82) is 0 Å². The van der Waals surface area contributed by atoms with Gasteiger partial charge in [-0.15, -0.1) is 0 Å². The Morgan fingerprint density at radius 1 is 1.46 bits per heavy atom. The minimum Gasteiger partial charge on any atom is -0.465 e. The van der Waals surface area contributed by atoms with E-state index in [0.717, 1.165) is 6.42 Å². The zero-order chi connectivity index (χ0) is 10.3. The molecule has 0 saturated carbocycles. The Hall–Kier alpha value is -0.380. The molecule has 0 radical (unpaired) electrons. The highest BCUT2D eigenvalue weighted by Gasteiger charge is 2.11. The van der Waals surface area contributed by atoms with Gasteiger partial charge in [-0.2, -0.15) is 0 Å². The maximum Gasteiger partial charge on any atom is 0.318 e. The third-order valence-corrected chi connectivity index (χ3v) is 3.25. The molecule has 0 aromatic rings. The number of hydrogen-bond acceptors (Lipinski definition) is 3. The number of esters is 1. The summed E-state index contributed by atoms with van der Waals surface area (Å²) in [5.41, 5.74) is 0. The lowest BCUT2D eigenvalue weighted by Crippen LogP contribution is -2.18. The zero-order valence-corrected chi connectivity index (χ0v) is 9.36. The van der Waals surface area contributed by atoms with E-state index < -0.39 is 10.8 Å². The Morgan fingerprint density at radius 3 is 2.54 bits per heavy atom. The van der Waals surface area contributed by atoms with Crippen molar-refractivity contribution in [3.63, 3.8) is 0 Å². The van der Waals surface area contributed by atoms with Crippen LogP contribution in [0.1, 0.15) is 27.2 Å². The van der Waals surface area contributed by atoms with Crippen molar-refractivity contribution in [3.05, 3.63) is 0 Å². The first-order chi connectivity index (χ1) is 6.10. The van der Waals surface area contributed by atoms with Crippen LogP contribution < -0.4 is 0 Å². The van der Waals surface area contributed by atoms with Gasteiger partial charge in [0.25, 0.3) is 0 Å². The number of hydrogen-bond donors (Lipinski definition) is 0. The van der Waals surface area contributed by atoms with Gasteiger partial charge in [-0.1, -0.05) is 20.3 Å². The Kier molecular flexibility index (Phi) is 6.86. The van der Waals surface area contributed by atoms with E-state index in [1.54, 1.807) is 6.92 Å². The fourth-order valence-corrected chi connectivity index (χ4v) is 2.16. The fourth-order valence-electron chi connectivity index (χ4n) is 0.828. The molecule has 0 rings (SSSR count). The SMILES string of the molecule is CCOC(=O)CS(=O)CC(C)CC. The molecule has 78 valence electrons. The van der Waals surface area contributed by atoms with Gasteiger partial charge in [0.1, 0.15) is 5.75 Å². The van der Waals surface area contributed by atoms with E-state index >= 15 is 0 Å². The largest absolute Gasteiger partial charge is 0.465 e. The lowest BCUT2D eigenvalue weighted by Gasteiger charge is -2.07. The van der Waals surface area contributed by atoms with Gasteiger partial charge in [-0.25, -0.2) is 0 Å². The molecule has 0 aliphatic heterocycles. The second kappa shape index (κ2) is 7.06. The molecule has 0 aromatic heterocycles. The first-order valence-electron chi connectivity index (χ1n) is 4.60. The summed E-state index contributed by atoms with van der Waals surface area (Å²) in [6, 6.07) is 0. The van der Waals surface area contributed by atoms with Crippen molar-refractivity contribution in [2.75, 3.05) is 18.1 Å². The first-order valence-corrected chi connectivity index (χ1v) is 6.09. The topological polar surface area (TPSA) is 43.4 Å². The van der Waals surface area contributed by atoms with E-state index in [2.05, 4.69) is 0 Å². The highest BCUT2D eigenvalue weighted by atomic mass is 32.2. The van der Waals surface area contributed by atoms with Crippen LogP contribution in [0.25, 0.3) is 0 Å². The summed E-state index contributed by atoms with van der Waals surface area (Å²) in [6.07, 6.45) is 0.995. The molecule has 4 heteroatoms. The van der Waals surface area contributed by atoms with Gasteiger partial charge in [0.2, 0.25) is 0 Å². The van der Waals surface area contributed by atoms with Crippen LogP contribution in [-0.4, -0.2) is 28.3 Å². The van der Waals surface area contributed by atoms with Crippen molar-refractivity contribution in [2.45, 2.75) is 27.2 Å². The van der Waals surface area contributed by atoms with E-state index in [-0.39, 0.29) is 11.7 Å². The van der Waals surface area contributed by atoms with E-state index in [1.165, 1.54) is 0 Å². The second-order valence-corrected chi connectivity index (χ2v) is 4.57. The van der Waals surface area contributed by atoms with Crippen LogP contribution in [0.2, 0.25) is 0 Å². The molecule has 13 heavy (non-hydrogen) atoms. The van der Waals surface area contributed by atoms with Crippen molar-refractivity contribution in [2.24, 2.45) is 5.92 Å². The maximum atomic E-state index is 11.3. The predicted octanol–water partition coefficient (Wildman–Crippen LogP) is 1.34. The number of carbonyl (C=O) groups excluding carboxylic acids is 1. The highest BCUT2D eigenvalue weighted by molar-refractivity contribution is 7.85. The van der Waals surface area contributed by atoms with E-state index in [1.807, 2.05) is 13.8 Å². The van der Waals surface area contributed by atoms with Crippen LogP contribution in [0.4, 0.5) is 0 Å². The molecule has 0 aliphatic carbocycles. The summed E-state index contributed by atoms with van der Waals surface area (Å²) in [7, 11) is -1.06. The molecule has 2 unspecified atom stereocenters. The minimum absolute atomic E-state index is 0.0399. The van der Waals surface area contributed by atoms with Crippen LogP contribution >= 0.6 is 0 Å². The van der Waals surface area contributed by atoms with E-state index in [0.29, 0.717) is 18.3 Å². The third kappa shape index (κ3) is 6.75. The molecule has 2 atom stereocenters. The average molecular weight is 206 g/mol. The Morgan fingerprint density at radius 2 is 2.08 bits per heavy atom. The first kappa shape index (κ1) is 12.6. The monoisotopic (exact) mass is 206 g/mol. The standard InChI is InChI=1S/C9H18O3S/c1-4-8(3)6-13(11)7-9(10)12-5-2/h8H,4-7H2,1-3H3. The summed E-state index contributed by atoms with van der Waals surface area (Å²) in [6.45, 7) is 6.18. The summed E-state index contributed by atoms with van der Waals surface area (Å²) < 4.78 is 16.0. The van der Waals surface area contributed by atoms with Crippen LogP contribution in [0, 0.1) is 5.92 Å². The molecule has 3 nitrogen and oxygen atoms in total. The average Bonchev–Trinajstić information content (AvgIpc) is 2.04. The van der Waals surface area contributed by atoms with Crippen LogP contribution in [0.15, 0.2) is 0 Å². The lowest BCUT2D eigenvalue weighted by molar-refractivity contribution is -0.139. The van der Waals surface area contributed by atoms with Gasteiger partial charge in [0.05, 0.1) is 6.61 Å². The molecule has 0 aromatic carbocycles. The van der Waals surface area contributed by atoms with Gasteiger partial charge in [0.15, 0.2) is 0 Å². The Labute approximate surface area is 82.3 Å². The number of rotatable bonds is 6. The summed E-state index contributed by atoms with van der Waals surface area (Å²) in [5, 5.41) is 0. The molecular formula is C9H18O3S. The summed E-state index contributed by atoms with van der Waals surface area (Å²) in [5.74, 6) is 0.687. The van der Waals surface area contributed by atoms with Crippen molar-refractivity contribution >= 4 is 16.8 Å². The third-order valence-electron chi connectivity index (χ3n) is 1.75. The van der Waals surface area contributed by atoms with Gasteiger partial charge < -0.3 is 4.74 Å². The second-order valence-electron chi connectivity index (χ2n) is 3.07. The normalized spacial score (nSPS) is 15.0. The van der Waals surface area contributed by atoms with Gasteiger partial charge >= 0.3 is 5.97 Å². The predicted molar refractivity (Wildman–Crippen MR) is 54.0 cm³/mol. The van der Waals surface area contributed by atoms with Crippen LogP contribution in [-0.2, 0) is 20.3 Å². The lowest BCUT2D eigenvalue weighted by atomic mass is 10.2.